The fourth-order valence-electron chi connectivity index (χ4n) is 3.83. The zero-order valence-electron chi connectivity index (χ0n) is 16.3. The van der Waals surface area contributed by atoms with Crippen molar-refractivity contribution >= 4 is 11.8 Å². The SMILES string of the molecule is Fc1ccnc(Nc2nccc(C3CCC(CNCc4cccnc4)CC3)n2)c1. The molecule has 3 heterocycles. The average Bonchev–Trinajstić information content (AvgIpc) is 2.75. The number of nitrogens with one attached hydrogen (secondary N) is 2. The molecule has 3 aromatic heterocycles. The van der Waals surface area contributed by atoms with Crippen LogP contribution in [-0.4, -0.2) is 26.5 Å². The molecule has 0 amide bonds. The zero-order valence-corrected chi connectivity index (χ0v) is 16.3. The monoisotopic (exact) mass is 392 g/mol. The first-order chi connectivity index (χ1) is 14.3. The Hall–Kier alpha value is -2.93. The van der Waals surface area contributed by atoms with Gasteiger partial charge in [-0.05, 0) is 61.9 Å². The highest BCUT2D eigenvalue weighted by atomic mass is 19.1. The minimum absolute atomic E-state index is 0.339. The van der Waals surface area contributed by atoms with Gasteiger partial charge in [-0.2, -0.15) is 0 Å². The van der Waals surface area contributed by atoms with Gasteiger partial charge in [-0.1, -0.05) is 6.07 Å². The molecule has 3 aromatic rings. The van der Waals surface area contributed by atoms with E-state index in [0.29, 0.717) is 23.6 Å². The lowest BCUT2D eigenvalue weighted by Gasteiger charge is -2.28. The number of halogens is 1. The Balaban J connectivity index is 1.27. The summed E-state index contributed by atoms with van der Waals surface area (Å²) >= 11 is 0. The van der Waals surface area contributed by atoms with Crippen molar-refractivity contribution in [3.63, 3.8) is 0 Å². The Labute approximate surface area is 170 Å². The Morgan fingerprint density at radius 1 is 1.00 bits per heavy atom. The Bertz CT molecular complexity index is 912. The van der Waals surface area contributed by atoms with E-state index in [1.165, 1.54) is 36.7 Å². The van der Waals surface area contributed by atoms with Crippen LogP contribution in [0.3, 0.4) is 0 Å². The maximum Gasteiger partial charge on any atom is 0.228 e. The molecule has 1 saturated carbocycles. The Kier molecular flexibility index (Phi) is 6.36. The summed E-state index contributed by atoms with van der Waals surface area (Å²) in [5, 5.41) is 6.54. The van der Waals surface area contributed by atoms with Crippen molar-refractivity contribution in [3.8, 4) is 0 Å². The highest BCUT2D eigenvalue weighted by molar-refractivity contribution is 5.47. The van der Waals surface area contributed by atoms with Crippen LogP contribution in [0.25, 0.3) is 0 Å². The van der Waals surface area contributed by atoms with Gasteiger partial charge in [0.25, 0.3) is 0 Å². The minimum Gasteiger partial charge on any atom is -0.312 e. The van der Waals surface area contributed by atoms with Crippen LogP contribution in [0.2, 0.25) is 0 Å². The molecule has 0 aliphatic heterocycles. The molecule has 0 radical (unpaired) electrons. The van der Waals surface area contributed by atoms with Gasteiger partial charge in [0.1, 0.15) is 11.6 Å². The summed E-state index contributed by atoms with van der Waals surface area (Å²) < 4.78 is 13.3. The van der Waals surface area contributed by atoms with Crippen molar-refractivity contribution in [2.75, 3.05) is 11.9 Å². The quantitative estimate of drug-likeness (QED) is 0.627. The van der Waals surface area contributed by atoms with E-state index in [0.717, 1.165) is 31.6 Å². The molecular formula is C22H25FN6. The van der Waals surface area contributed by atoms with Crippen LogP contribution in [0.1, 0.15) is 42.9 Å². The van der Waals surface area contributed by atoms with Gasteiger partial charge < -0.3 is 10.6 Å². The van der Waals surface area contributed by atoms with Crippen molar-refractivity contribution < 1.29 is 4.39 Å². The number of aromatic nitrogens is 4. The molecule has 0 spiro atoms. The highest BCUT2D eigenvalue weighted by Crippen LogP contribution is 2.35. The van der Waals surface area contributed by atoms with Gasteiger partial charge in [0.2, 0.25) is 5.95 Å². The van der Waals surface area contributed by atoms with E-state index < -0.39 is 0 Å². The molecule has 0 bridgehead atoms. The first kappa shape index (κ1) is 19.4. The van der Waals surface area contributed by atoms with Crippen molar-refractivity contribution in [1.82, 2.24) is 25.3 Å². The van der Waals surface area contributed by atoms with Crippen LogP contribution in [0, 0.1) is 11.7 Å². The molecule has 0 saturated heterocycles. The lowest BCUT2D eigenvalue weighted by atomic mass is 9.80. The van der Waals surface area contributed by atoms with Crippen molar-refractivity contribution in [2.45, 2.75) is 38.1 Å². The molecule has 1 fully saturated rings. The second-order valence-electron chi connectivity index (χ2n) is 7.50. The summed E-state index contributed by atoms with van der Waals surface area (Å²) in [6, 6.07) is 8.69. The maximum atomic E-state index is 13.3. The molecular weight excluding hydrogens is 367 g/mol. The van der Waals surface area contributed by atoms with Gasteiger partial charge in [0.05, 0.1) is 0 Å². The molecule has 4 rings (SSSR count). The first-order valence-electron chi connectivity index (χ1n) is 10.1. The molecule has 1 aliphatic carbocycles. The number of hydrogen-bond donors (Lipinski definition) is 2. The van der Waals surface area contributed by atoms with Crippen LogP contribution in [0.15, 0.2) is 55.1 Å². The average molecular weight is 392 g/mol. The fraction of sp³-hybridized carbons (Fsp3) is 0.364. The van der Waals surface area contributed by atoms with E-state index in [1.54, 1.807) is 12.4 Å². The van der Waals surface area contributed by atoms with Crippen LogP contribution in [0.5, 0.6) is 0 Å². The summed E-state index contributed by atoms with van der Waals surface area (Å²) in [6.45, 7) is 1.90. The molecule has 7 heteroatoms. The fourth-order valence-corrected chi connectivity index (χ4v) is 3.83. The van der Waals surface area contributed by atoms with Crippen LogP contribution < -0.4 is 10.6 Å². The summed E-state index contributed by atoms with van der Waals surface area (Å²) in [4.78, 5) is 17.1. The van der Waals surface area contributed by atoms with Gasteiger partial charge in [-0.25, -0.2) is 19.3 Å². The van der Waals surface area contributed by atoms with E-state index in [1.807, 2.05) is 18.3 Å². The summed E-state index contributed by atoms with van der Waals surface area (Å²) in [5.41, 5.74) is 2.26. The second-order valence-corrected chi connectivity index (χ2v) is 7.50. The van der Waals surface area contributed by atoms with Crippen LogP contribution in [0.4, 0.5) is 16.2 Å². The zero-order chi connectivity index (χ0) is 19.9. The van der Waals surface area contributed by atoms with Crippen LogP contribution in [-0.2, 0) is 6.54 Å². The highest BCUT2D eigenvalue weighted by Gasteiger charge is 2.23. The van der Waals surface area contributed by atoms with Crippen molar-refractivity contribution in [3.05, 3.63) is 72.2 Å². The molecule has 2 N–H and O–H groups in total. The smallest absolute Gasteiger partial charge is 0.228 e. The van der Waals surface area contributed by atoms with Gasteiger partial charge >= 0.3 is 0 Å². The van der Waals surface area contributed by atoms with Crippen LogP contribution >= 0.6 is 0 Å². The number of pyridine rings is 2. The van der Waals surface area contributed by atoms with Gasteiger partial charge in [-0.15, -0.1) is 0 Å². The van der Waals surface area contributed by atoms with E-state index in [9.17, 15) is 4.39 Å². The van der Waals surface area contributed by atoms with Gasteiger partial charge in [-0.3, -0.25) is 4.98 Å². The lowest BCUT2D eigenvalue weighted by Crippen LogP contribution is -2.26. The summed E-state index contributed by atoms with van der Waals surface area (Å²) in [6.07, 6.45) is 11.5. The van der Waals surface area contributed by atoms with E-state index >= 15 is 0 Å². The minimum atomic E-state index is -0.339. The normalized spacial score (nSPS) is 19.1. The third-order valence-electron chi connectivity index (χ3n) is 5.39. The predicted octanol–water partition coefficient (Wildman–Crippen LogP) is 4.21. The molecule has 0 unspecified atom stereocenters. The number of hydrogen-bond acceptors (Lipinski definition) is 6. The standard InChI is InChI=1S/C22H25FN6/c23-19-7-10-26-21(12-19)29-22-27-11-8-20(28-22)18-5-3-16(4-6-18)13-25-15-17-2-1-9-24-14-17/h1-2,7-12,14,16,18,25H,3-6,13,15H2,(H,26,27,28,29). The van der Waals surface area contributed by atoms with Crippen molar-refractivity contribution in [1.29, 1.82) is 0 Å². The maximum absolute atomic E-state index is 13.3. The lowest BCUT2D eigenvalue weighted by molar-refractivity contribution is 0.311. The van der Waals surface area contributed by atoms with Gasteiger partial charge in [0.15, 0.2) is 0 Å². The predicted molar refractivity (Wildman–Crippen MR) is 110 cm³/mol. The molecule has 6 nitrogen and oxygen atoms in total. The number of rotatable bonds is 7. The van der Waals surface area contributed by atoms with E-state index in [2.05, 4.69) is 36.6 Å². The molecule has 1 aliphatic rings. The first-order valence-corrected chi connectivity index (χ1v) is 10.1. The molecule has 150 valence electrons. The largest absolute Gasteiger partial charge is 0.312 e. The molecule has 0 aromatic carbocycles. The Morgan fingerprint density at radius 3 is 2.66 bits per heavy atom. The second kappa shape index (κ2) is 9.52. The molecule has 29 heavy (non-hydrogen) atoms. The number of nitrogens with zero attached hydrogens (tertiary/aromatic N) is 4. The van der Waals surface area contributed by atoms with E-state index in [4.69, 9.17) is 0 Å². The third-order valence-corrected chi connectivity index (χ3v) is 5.39. The topological polar surface area (TPSA) is 75.6 Å². The van der Waals surface area contributed by atoms with Crippen molar-refractivity contribution in [2.24, 2.45) is 5.92 Å². The van der Waals surface area contributed by atoms with E-state index in [-0.39, 0.29) is 5.82 Å². The van der Waals surface area contributed by atoms with Gasteiger partial charge in [0, 0.05) is 49.0 Å². The number of anilines is 2. The summed E-state index contributed by atoms with van der Waals surface area (Å²) in [5.74, 6) is 1.66. The Morgan fingerprint density at radius 2 is 1.86 bits per heavy atom. The third kappa shape index (κ3) is 5.54. The summed E-state index contributed by atoms with van der Waals surface area (Å²) in [7, 11) is 0. The molecule has 0 atom stereocenters.